The number of carbonyl (C=O) groups is 1. The van der Waals surface area contributed by atoms with Crippen molar-refractivity contribution >= 4 is 5.78 Å². The molecule has 1 fully saturated rings. The van der Waals surface area contributed by atoms with E-state index in [2.05, 4.69) is 6.92 Å². The molecule has 2 unspecified atom stereocenters. The number of methoxy groups -OCH3 is 1. The lowest BCUT2D eigenvalue weighted by atomic mass is 9.73. The summed E-state index contributed by atoms with van der Waals surface area (Å²) in [5.41, 5.74) is 6.29. The third-order valence-corrected chi connectivity index (χ3v) is 3.82. The number of benzene rings is 1. The molecule has 0 aromatic heterocycles. The normalized spacial score (nSPS) is 27.8. The van der Waals surface area contributed by atoms with Crippen LogP contribution in [0.2, 0.25) is 0 Å². The lowest BCUT2D eigenvalue weighted by molar-refractivity contribution is 0.0819. The van der Waals surface area contributed by atoms with E-state index >= 15 is 0 Å². The van der Waals surface area contributed by atoms with E-state index < -0.39 is 5.54 Å². The lowest BCUT2D eigenvalue weighted by Crippen LogP contribution is -2.51. The molecule has 1 aliphatic carbocycles. The second-order valence-corrected chi connectivity index (χ2v) is 5.42. The summed E-state index contributed by atoms with van der Waals surface area (Å²) in [4.78, 5) is 12.6. The molecule has 2 N–H and O–H groups in total. The van der Waals surface area contributed by atoms with Crippen molar-refractivity contribution in [1.82, 2.24) is 0 Å². The molecule has 1 aromatic carbocycles. The van der Waals surface area contributed by atoms with E-state index in [1.807, 2.05) is 18.2 Å². The first-order valence-electron chi connectivity index (χ1n) is 6.53. The van der Waals surface area contributed by atoms with E-state index in [1.54, 1.807) is 13.2 Å². The van der Waals surface area contributed by atoms with Gasteiger partial charge in [0.2, 0.25) is 0 Å². The molecule has 3 nitrogen and oxygen atoms in total. The van der Waals surface area contributed by atoms with Crippen molar-refractivity contribution in [3.8, 4) is 5.75 Å². The maximum atomic E-state index is 12.6. The summed E-state index contributed by atoms with van der Waals surface area (Å²) >= 11 is 0. The van der Waals surface area contributed by atoms with Gasteiger partial charge in [0.05, 0.1) is 12.6 Å². The molecule has 0 amide bonds. The topological polar surface area (TPSA) is 52.3 Å². The highest BCUT2D eigenvalue weighted by atomic mass is 16.5. The molecule has 0 bridgehead atoms. The molecule has 0 saturated heterocycles. The number of hydrogen-bond donors (Lipinski definition) is 1. The van der Waals surface area contributed by atoms with Gasteiger partial charge in [-0.25, -0.2) is 0 Å². The van der Waals surface area contributed by atoms with Crippen LogP contribution in [-0.2, 0) is 0 Å². The first-order valence-corrected chi connectivity index (χ1v) is 6.53. The highest BCUT2D eigenvalue weighted by Crippen LogP contribution is 2.33. The molecule has 2 rings (SSSR count). The quantitative estimate of drug-likeness (QED) is 0.836. The van der Waals surface area contributed by atoms with Crippen LogP contribution in [0.3, 0.4) is 0 Å². The molecular formula is C15H21NO2. The highest BCUT2D eigenvalue weighted by Gasteiger charge is 2.38. The van der Waals surface area contributed by atoms with Gasteiger partial charge < -0.3 is 10.5 Å². The van der Waals surface area contributed by atoms with Gasteiger partial charge in [-0.05, 0) is 30.9 Å². The van der Waals surface area contributed by atoms with Crippen LogP contribution >= 0.6 is 0 Å². The second-order valence-electron chi connectivity index (χ2n) is 5.42. The Hall–Kier alpha value is -1.35. The molecule has 1 aromatic rings. The maximum absolute atomic E-state index is 12.6. The van der Waals surface area contributed by atoms with Crippen molar-refractivity contribution in [1.29, 1.82) is 0 Å². The number of ether oxygens (including phenoxy) is 1. The summed E-state index contributed by atoms with van der Waals surface area (Å²) < 4.78 is 5.15. The van der Waals surface area contributed by atoms with E-state index in [9.17, 15) is 4.79 Å². The summed E-state index contributed by atoms with van der Waals surface area (Å²) in [7, 11) is 1.60. The monoisotopic (exact) mass is 247 g/mol. The number of rotatable bonds is 3. The molecule has 1 aliphatic rings. The molecule has 3 heteroatoms. The first kappa shape index (κ1) is 13.1. The smallest absolute Gasteiger partial charge is 0.182 e. The van der Waals surface area contributed by atoms with Crippen LogP contribution in [0, 0.1) is 5.92 Å². The molecule has 0 spiro atoms. The Labute approximate surface area is 108 Å². The predicted molar refractivity (Wildman–Crippen MR) is 71.9 cm³/mol. The second kappa shape index (κ2) is 5.11. The van der Waals surface area contributed by atoms with Gasteiger partial charge in [0.1, 0.15) is 5.75 Å². The Bertz CT molecular complexity index is 444. The standard InChI is InChI=1S/C15H21NO2/c1-11-5-4-8-15(16,10-11)14(17)12-6-3-7-13(9-12)18-2/h3,6-7,9,11H,4-5,8,10,16H2,1-2H3. The van der Waals surface area contributed by atoms with Gasteiger partial charge in [0.15, 0.2) is 5.78 Å². The van der Waals surface area contributed by atoms with Gasteiger partial charge >= 0.3 is 0 Å². The lowest BCUT2D eigenvalue weighted by Gasteiger charge is -2.35. The van der Waals surface area contributed by atoms with Gasteiger partial charge in [-0.3, -0.25) is 4.79 Å². The Balaban J connectivity index is 2.24. The molecule has 18 heavy (non-hydrogen) atoms. The van der Waals surface area contributed by atoms with Crippen molar-refractivity contribution in [3.05, 3.63) is 29.8 Å². The molecule has 0 radical (unpaired) electrons. The van der Waals surface area contributed by atoms with Crippen LogP contribution in [-0.4, -0.2) is 18.4 Å². The minimum atomic E-state index is -0.690. The average molecular weight is 247 g/mol. The van der Waals surface area contributed by atoms with Gasteiger partial charge in [-0.2, -0.15) is 0 Å². The Morgan fingerprint density at radius 2 is 2.28 bits per heavy atom. The molecular weight excluding hydrogens is 226 g/mol. The van der Waals surface area contributed by atoms with E-state index in [-0.39, 0.29) is 5.78 Å². The van der Waals surface area contributed by atoms with Crippen molar-refractivity contribution in [3.63, 3.8) is 0 Å². The van der Waals surface area contributed by atoms with Crippen LogP contribution in [0.4, 0.5) is 0 Å². The Morgan fingerprint density at radius 3 is 2.94 bits per heavy atom. The molecule has 98 valence electrons. The van der Waals surface area contributed by atoms with Crippen molar-refractivity contribution < 1.29 is 9.53 Å². The van der Waals surface area contributed by atoms with Gasteiger partial charge in [0, 0.05) is 5.56 Å². The van der Waals surface area contributed by atoms with Crippen molar-refractivity contribution in [2.24, 2.45) is 11.7 Å². The van der Waals surface area contributed by atoms with E-state index in [0.717, 1.165) is 19.3 Å². The molecule has 0 heterocycles. The minimum absolute atomic E-state index is 0.0490. The van der Waals surface area contributed by atoms with E-state index in [4.69, 9.17) is 10.5 Å². The van der Waals surface area contributed by atoms with Crippen molar-refractivity contribution in [2.75, 3.05) is 7.11 Å². The zero-order valence-corrected chi connectivity index (χ0v) is 11.1. The van der Waals surface area contributed by atoms with Crippen molar-refractivity contribution in [2.45, 2.75) is 38.1 Å². The minimum Gasteiger partial charge on any atom is -0.497 e. The Morgan fingerprint density at radius 1 is 1.50 bits per heavy atom. The maximum Gasteiger partial charge on any atom is 0.182 e. The number of carbonyl (C=O) groups excluding carboxylic acids is 1. The van der Waals surface area contributed by atoms with Crippen LogP contribution in [0.15, 0.2) is 24.3 Å². The number of Topliss-reactive ketones (excluding diaryl/α,β-unsaturated/α-hetero) is 1. The van der Waals surface area contributed by atoms with Crippen LogP contribution in [0.5, 0.6) is 5.75 Å². The average Bonchev–Trinajstić information content (AvgIpc) is 2.37. The van der Waals surface area contributed by atoms with Crippen LogP contribution in [0.25, 0.3) is 0 Å². The summed E-state index contributed by atoms with van der Waals surface area (Å²) in [6.07, 6.45) is 3.77. The van der Waals surface area contributed by atoms with Gasteiger partial charge in [-0.1, -0.05) is 31.9 Å². The first-order chi connectivity index (χ1) is 8.55. The predicted octanol–water partition coefficient (Wildman–Crippen LogP) is 2.79. The fourth-order valence-electron chi connectivity index (χ4n) is 2.85. The van der Waals surface area contributed by atoms with E-state index in [0.29, 0.717) is 17.2 Å². The fourth-order valence-corrected chi connectivity index (χ4v) is 2.85. The number of hydrogen-bond acceptors (Lipinski definition) is 3. The SMILES string of the molecule is COc1cccc(C(=O)C2(N)CCCC(C)C2)c1. The van der Waals surface area contributed by atoms with E-state index in [1.165, 1.54) is 6.42 Å². The largest absolute Gasteiger partial charge is 0.497 e. The summed E-state index contributed by atoms with van der Waals surface area (Å²) in [6, 6.07) is 7.26. The third kappa shape index (κ3) is 2.56. The summed E-state index contributed by atoms with van der Waals surface area (Å²) in [5, 5.41) is 0. The van der Waals surface area contributed by atoms with Crippen LogP contribution in [0.1, 0.15) is 43.0 Å². The van der Waals surface area contributed by atoms with Gasteiger partial charge in [-0.15, -0.1) is 0 Å². The molecule has 0 aliphatic heterocycles. The zero-order chi connectivity index (χ0) is 13.2. The summed E-state index contributed by atoms with van der Waals surface area (Å²) in [6.45, 7) is 2.17. The fraction of sp³-hybridized carbons (Fsp3) is 0.533. The number of ketones is 1. The zero-order valence-electron chi connectivity index (χ0n) is 11.1. The molecule has 1 saturated carbocycles. The summed E-state index contributed by atoms with van der Waals surface area (Å²) in [5.74, 6) is 1.28. The Kier molecular flexibility index (Phi) is 3.71. The number of nitrogens with two attached hydrogens (primary N) is 1. The van der Waals surface area contributed by atoms with Crippen LogP contribution < -0.4 is 10.5 Å². The highest BCUT2D eigenvalue weighted by molar-refractivity contribution is 6.03. The molecule has 2 atom stereocenters. The third-order valence-electron chi connectivity index (χ3n) is 3.82. The van der Waals surface area contributed by atoms with Gasteiger partial charge in [0.25, 0.3) is 0 Å².